The van der Waals surface area contributed by atoms with Crippen LogP contribution in [0.15, 0.2) is 18.2 Å². The molecule has 0 saturated carbocycles. The maximum Gasteiger partial charge on any atom is 0.307 e. The number of hydrogen-bond donors (Lipinski definition) is 3. The van der Waals surface area contributed by atoms with E-state index in [0.29, 0.717) is 5.56 Å². The van der Waals surface area contributed by atoms with E-state index in [1.807, 2.05) is 6.07 Å². The van der Waals surface area contributed by atoms with Gasteiger partial charge in [0.1, 0.15) is 5.75 Å². The Balaban J connectivity index is 2.18. The first kappa shape index (κ1) is 11.0. The molecule has 4 nitrogen and oxygen atoms in total. The van der Waals surface area contributed by atoms with E-state index in [2.05, 4.69) is 5.32 Å². The first-order chi connectivity index (χ1) is 7.66. The molecule has 1 aliphatic rings. The van der Waals surface area contributed by atoms with E-state index in [9.17, 15) is 9.90 Å². The van der Waals surface area contributed by atoms with Gasteiger partial charge in [0.05, 0.1) is 6.42 Å². The van der Waals surface area contributed by atoms with Crippen LogP contribution in [-0.4, -0.2) is 22.7 Å². The lowest BCUT2D eigenvalue weighted by Crippen LogP contribution is -2.13. The Morgan fingerprint density at radius 2 is 2.31 bits per heavy atom. The molecule has 1 aromatic rings. The van der Waals surface area contributed by atoms with Gasteiger partial charge in [-0.15, -0.1) is 0 Å². The number of carboxylic acid groups (broad SMARTS) is 1. The van der Waals surface area contributed by atoms with Gasteiger partial charge in [-0.25, -0.2) is 0 Å². The number of carboxylic acids is 1. The van der Waals surface area contributed by atoms with Crippen LogP contribution in [0.5, 0.6) is 5.75 Å². The Bertz CT molecular complexity index is 397. The summed E-state index contributed by atoms with van der Waals surface area (Å²) in [6.45, 7) is 0.973. The van der Waals surface area contributed by atoms with E-state index in [4.69, 9.17) is 5.11 Å². The Morgan fingerprint density at radius 1 is 1.50 bits per heavy atom. The summed E-state index contributed by atoms with van der Waals surface area (Å²) in [5.41, 5.74) is 1.50. The van der Waals surface area contributed by atoms with Crippen molar-refractivity contribution in [3.8, 4) is 5.75 Å². The standard InChI is InChI=1S/C12H15NO3/c14-11-6-8(7-12(15)16)3-4-9(11)10-2-1-5-13-10/h3-4,6,10,13-14H,1-2,5,7H2,(H,15,16)/t10-/m0/s1. The van der Waals surface area contributed by atoms with Gasteiger partial charge in [0.25, 0.3) is 0 Å². The molecule has 1 fully saturated rings. The van der Waals surface area contributed by atoms with E-state index in [-0.39, 0.29) is 18.2 Å². The third-order valence-corrected chi connectivity index (χ3v) is 2.89. The normalized spacial score (nSPS) is 19.9. The quantitative estimate of drug-likeness (QED) is 0.722. The van der Waals surface area contributed by atoms with Crippen LogP contribution in [0, 0.1) is 0 Å². The molecule has 0 bridgehead atoms. The molecule has 1 aromatic carbocycles. The van der Waals surface area contributed by atoms with Gasteiger partial charge in [0, 0.05) is 11.6 Å². The van der Waals surface area contributed by atoms with Gasteiger partial charge >= 0.3 is 5.97 Å². The summed E-state index contributed by atoms with van der Waals surface area (Å²) in [5, 5.41) is 21.8. The second-order valence-electron chi connectivity index (χ2n) is 4.11. The lowest BCUT2D eigenvalue weighted by atomic mass is 10.0. The van der Waals surface area contributed by atoms with Crippen molar-refractivity contribution >= 4 is 5.97 Å². The Kier molecular flexibility index (Phi) is 3.10. The molecule has 4 heteroatoms. The van der Waals surface area contributed by atoms with Crippen LogP contribution in [0.2, 0.25) is 0 Å². The molecule has 3 N–H and O–H groups in total. The van der Waals surface area contributed by atoms with Gasteiger partial charge in [-0.2, -0.15) is 0 Å². The van der Waals surface area contributed by atoms with Crippen molar-refractivity contribution in [1.82, 2.24) is 5.32 Å². The molecule has 1 heterocycles. The number of hydrogen-bond acceptors (Lipinski definition) is 3. The highest BCUT2D eigenvalue weighted by Gasteiger charge is 2.19. The predicted octanol–water partition coefficient (Wildman–Crippen LogP) is 1.44. The molecule has 0 amide bonds. The van der Waals surface area contributed by atoms with Gasteiger partial charge in [0.2, 0.25) is 0 Å². The summed E-state index contributed by atoms with van der Waals surface area (Å²) >= 11 is 0. The van der Waals surface area contributed by atoms with Crippen molar-refractivity contribution in [2.75, 3.05) is 6.54 Å². The van der Waals surface area contributed by atoms with Crippen LogP contribution in [0.25, 0.3) is 0 Å². The van der Waals surface area contributed by atoms with E-state index in [0.717, 1.165) is 24.9 Å². The summed E-state index contributed by atoms with van der Waals surface area (Å²) in [4.78, 5) is 10.5. The summed E-state index contributed by atoms with van der Waals surface area (Å²) in [7, 11) is 0. The molecule has 0 spiro atoms. The van der Waals surface area contributed by atoms with Crippen LogP contribution in [0.4, 0.5) is 0 Å². The molecule has 0 aliphatic carbocycles. The molecule has 1 atom stereocenters. The fourth-order valence-corrected chi connectivity index (χ4v) is 2.12. The Morgan fingerprint density at radius 3 is 2.88 bits per heavy atom. The van der Waals surface area contributed by atoms with Crippen molar-refractivity contribution in [2.24, 2.45) is 0 Å². The molecule has 16 heavy (non-hydrogen) atoms. The molecule has 0 aromatic heterocycles. The van der Waals surface area contributed by atoms with Crippen molar-refractivity contribution in [3.05, 3.63) is 29.3 Å². The molecular formula is C12H15NO3. The van der Waals surface area contributed by atoms with Gasteiger partial charge < -0.3 is 15.5 Å². The first-order valence-corrected chi connectivity index (χ1v) is 5.44. The number of phenols is 1. The molecule has 1 aliphatic heterocycles. The zero-order valence-corrected chi connectivity index (χ0v) is 8.94. The number of benzene rings is 1. The van der Waals surface area contributed by atoms with Crippen LogP contribution in [0.1, 0.15) is 30.0 Å². The van der Waals surface area contributed by atoms with Gasteiger partial charge in [-0.3, -0.25) is 4.79 Å². The highest BCUT2D eigenvalue weighted by molar-refractivity contribution is 5.70. The average Bonchev–Trinajstić information content (AvgIpc) is 2.69. The fourth-order valence-electron chi connectivity index (χ4n) is 2.12. The highest BCUT2D eigenvalue weighted by Crippen LogP contribution is 2.30. The largest absolute Gasteiger partial charge is 0.508 e. The van der Waals surface area contributed by atoms with E-state index in [1.165, 1.54) is 0 Å². The summed E-state index contributed by atoms with van der Waals surface area (Å²) < 4.78 is 0. The second kappa shape index (κ2) is 4.53. The third-order valence-electron chi connectivity index (χ3n) is 2.89. The minimum absolute atomic E-state index is 0.0497. The number of phenolic OH excluding ortho intramolecular Hbond substituents is 1. The zero-order valence-electron chi connectivity index (χ0n) is 8.94. The number of aromatic hydroxyl groups is 1. The predicted molar refractivity (Wildman–Crippen MR) is 59.4 cm³/mol. The maximum absolute atomic E-state index is 10.5. The molecule has 2 rings (SSSR count). The number of nitrogens with one attached hydrogen (secondary N) is 1. The van der Waals surface area contributed by atoms with E-state index in [1.54, 1.807) is 12.1 Å². The minimum atomic E-state index is -0.883. The Labute approximate surface area is 93.9 Å². The van der Waals surface area contributed by atoms with Crippen molar-refractivity contribution in [1.29, 1.82) is 0 Å². The van der Waals surface area contributed by atoms with E-state index >= 15 is 0 Å². The SMILES string of the molecule is O=C(O)Cc1ccc([C@@H]2CCCN2)c(O)c1. The number of aliphatic carboxylic acids is 1. The zero-order chi connectivity index (χ0) is 11.5. The van der Waals surface area contributed by atoms with Crippen molar-refractivity contribution < 1.29 is 15.0 Å². The lowest BCUT2D eigenvalue weighted by molar-refractivity contribution is -0.136. The van der Waals surface area contributed by atoms with Gasteiger partial charge in [-0.1, -0.05) is 12.1 Å². The smallest absolute Gasteiger partial charge is 0.307 e. The van der Waals surface area contributed by atoms with Crippen molar-refractivity contribution in [3.63, 3.8) is 0 Å². The molecule has 0 radical (unpaired) electrons. The topological polar surface area (TPSA) is 69.6 Å². The molecule has 0 unspecified atom stereocenters. The lowest BCUT2D eigenvalue weighted by Gasteiger charge is -2.13. The number of carbonyl (C=O) groups is 1. The summed E-state index contributed by atoms with van der Waals surface area (Å²) in [6.07, 6.45) is 2.08. The first-order valence-electron chi connectivity index (χ1n) is 5.44. The Hall–Kier alpha value is -1.55. The maximum atomic E-state index is 10.5. The van der Waals surface area contributed by atoms with Crippen LogP contribution >= 0.6 is 0 Å². The van der Waals surface area contributed by atoms with Crippen LogP contribution in [-0.2, 0) is 11.2 Å². The van der Waals surface area contributed by atoms with Gasteiger partial charge in [-0.05, 0) is 31.0 Å². The third kappa shape index (κ3) is 2.33. The minimum Gasteiger partial charge on any atom is -0.508 e. The summed E-state index contributed by atoms with van der Waals surface area (Å²) in [6, 6.07) is 5.34. The highest BCUT2D eigenvalue weighted by atomic mass is 16.4. The molecular weight excluding hydrogens is 206 g/mol. The van der Waals surface area contributed by atoms with Crippen LogP contribution in [0.3, 0.4) is 0 Å². The monoisotopic (exact) mass is 221 g/mol. The van der Waals surface area contributed by atoms with Crippen LogP contribution < -0.4 is 5.32 Å². The molecule has 86 valence electrons. The fraction of sp³-hybridized carbons (Fsp3) is 0.417. The average molecular weight is 221 g/mol. The van der Waals surface area contributed by atoms with E-state index < -0.39 is 5.97 Å². The van der Waals surface area contributed by atoms with Crippen molar-refractivity contribution in [2.45, 2.75) is 25.3 Å². The number of rotatable bonds is 3. The van der Waals surface area contributed by atoms with Gasteiger partial charge in [0.15, 0.2) is 0 Å². The molecule has 1 saturated heterocycles. The second-order valence-corrected chi connectivity index (χ2v) is 4.11. The summed E-state index contributed by atoms with van der Waals surface area (Å²) in [5.74, 6) is -0.690.